The molecule has 2 aliphatic rings. The van der Waals surface area contributed by atoms with Gasteiger partial charge in [0, 0.05) is 6.42 Å². The number of Topliss-reactive ketones (excluding diaryl/α,β-unsaturated/α-hetero) is 1. The first-order valence-electron chi connectivity index (χ1n) is 7.70. The van der Waals surface area contributed by atoms with Gasteiger partial charge in [0.2, 0.25) is 0 Å². The van der Waals surface area contributed by atoms with Gasteiger partial charge in [-0.25, -0.2) is 0 Å². The Labute approximate surface area is 121 Å². The molecule has 2 nitrogen and oxygen atoms in total. The quantitative estimate of drug-likeness (QED) is 0.820. The highest BCUT2D eigenvalue weighted by molar-refractivity contribution is 6.02. The van der Waals surface area contributed by atoms with Gasteiger partial charge >= 0.3 is 0 Å². The number of phenols is 1. The minimum absolute atomic E-state index is 0.0826. The number of phenolic OH excluding ortho intramolecular Hbond substituents is 1. The molecule has 1 aromatic rings. The number of carbonyl (C=O) groups excluding carboxylic acids is 1. The van der Waals surface area contributed by atoms with E-state index in [-0.39, 0.29) is 16.9 Å². The summed E-state index contributed by atoms with van der Waals surface area (Å²) < 4.78 is 0. The molecule has 2 heteroatoms. The smallest absolute Gasteiger partial charge is 0.167 e. The molecule has 1 N–H and O–H groups in total. The van der Waals surface area contributed by atoms with E-state index in [2.05, 4.69) is 26.8 Å². The molecule has 0 unspecified atom stereocenters. The van der Waals surface area contributed by atoms with Crippen LogP contribution in [0.15, 0.2) is 12.1 Å². The van der Waals surface area contributed by atoms with E-state index in [4.69, 9.17) is 0 Å². The first-order chi connectivity index (χ1) is 9.33. The number of benzene rings is 1. The number of aromatic hydroxyl groups is 1. The lowest BCUT2D eigenvalue weighted by Crippen LogP contribution is -2.34. The van der Waals surface area contributed by atoms with Crippen molar-refractivity contribution in [3.8, 4) is 5.75 Å². The van der Waals surface area contributed by atoms with Crippen LogP contribution in [0.3, 0.4) is 0 Å². The van der Waals surface area contributed by atoms with Gasteiger partial charge in [0.05, 0.1) is 5.56 Å². The Hall–Kier alpha value is -1.31. The summed E-state index contributed by atoms with van der Waals surface area (Å²) in [6, 6.07) is 3.86. The molecule has 0 bridgehead atoms. The lowest BCUT2D eigenvalue weighted by atomic mass is 9.63. The van der Waals surface area contributed by atoms with Crippen LogP contribution >= 0.6 is 0 Å². The van der Waals surface area contributed by atoms with Crippen LogP contribution in [0, 0.1) is 24.2 Å². The third-order valence-corrected chi connectivity index (χ3v) is 5.55. The predicted octanol–water partition coefficient (Wildman–Crippen LogP) is 4.44. The molecule has 2 aliphatic carbocycles. The Morgan fingerprint density at radius 1 is 1.35 bits per heavy atom. The summed E-state index contributed by atoms with van der Waals surface area (Å²) in [5.41, 5.74) is 2.84. The molecule has 3 atom stereocenters. The van der Waals surface area contributed by atoms with Gasteiger partial charge in [-0.1, -0.05) is 26.8 Å². The number of rotatable bonds is 1. The molecule has 3 rings (SSSR count). The Kier molecular flexibility index (Phi) is 2.97. The highest BCUT2D eigenvalue weighted by Gasteiger charge is 2.52. The Balaban J connectivity index is 2.22. The van der Waals surface area contributed by atoms with Crippen molar-refractivity contribution in [3.05, 3.63) is 28.8 Å². The summed E-state index contributed by atoms with van der Waals surface area (Å²) in [7, 11) is 0. The number of carbonyl (C=O) groups is 1. The number of aryl methyl sites for hydroxylation is 1. The molecule has 0 aliphatic heterocycles. The van der Waals surface area contributed by atoms with E-state index in [0.717, 1.165) is 17.5 Å². The average Bonchev–Trinajstić information content (AvgIpc) is 2.65. The molecule has 0 aromatic heterocycles. The molecule has 108 valence electrons. The van der Waals surface area contributed by atoms with E-state index >= 15 is 0 Å². The van der Waals surface area contributed by atoms with Gasteiger partial charge in [-0.3, -0.25) is 4.79 Å². The van der Waals surface area contributed by atoms with Crippen LogP contribution in [0.4, 0.5) is 0 Å². The van der Waals surface area contributed by atoms with Crippen LogP contribution in [0.25, 0.3) is 0 Å². The maximum atomic E-state index is 12.5. The molecular formula is C18H24O2. The molecular weight excluding hydrogens is 248 g/mol. The van der Waals surface area contributed by atoms with Crippen molar-refractivity contribution >= 4 is 5.78 Å². The zero-order valence-corrected chi connectivity index (χ0v) is 12.9. The minimum Gasteiger partial charge on any atom is -0.507 e. The summed E-state index contributed by atoms with van der Waals surface area (Å²) >= 11 is 0. The SMILES string of the molecule is Cc1cc(O)c2c(c1)[C@H]1[C@H](C(C)C)CC[C@@]1(C)CC2=O. The van der Waals surface area contributed by atoms with Crippen molar-refractivity contribution < 1.29 is 9.90 Å². The standard InChI is InChI=1S/C18H24O2/c1-10(2)12-5-6-18(4)9-15(20)16-13(17(12)18)7-11(3)8-14(16)19/h7-8,10,12,17,19H,5-6,9H2,1-4H3/t12-,17+,18-/m0/s1. The molecule has 0 saturated heterocycles. The van der Waals surface area contributed by atoms with Crippen LogP contribution in [-0.2, 0) is 0 Å². The van der Waals surface area contributed by atoms with Crippen molar-refractivity contribution in [3.63, 3.8) is 0 Å². The third-order valence-electron chi connectivity index (χ3n) is 5.55. The Morgan fingerprint density at radius 2 is 2.05 bits per heavy atom. The first-order valence-corrected chi connectivity index (χ1v) is 7.70. The van der Waals surface area contributed by atoms with Crippen LogP contribution in [-0.4, -0.2) is 10.9 Å². The van der Waals surface area contributed by atoms with Gasteiger partial charge in [0.1, 0.15) is 5.75 Å². The van der Waals surface area contributed by atoms with E-state index in [9.17, 15) is 9.90 Å². The largest absolute Gasteiger partial charge is 0.507 e. The van der Waals surface area contributed by atoms with E-state index < -0.39 is 0 Å². The van der Waals surface area contributed by atoms with Crippen LogP contribution in [0.1, 0.15) is 67.4 Å². The number of fused-ring (bicyclic) bond motifs is 3. The lowest BCUT2D eigenvalue weighted by molar-refractivity contribution is 0.0865. The number of hydrogen-bond donors (Lipinski definition) is 1. The second kappa shape index (κ2) is 4.34. The molecule has 20 heavy (non-hydrogen) atoms. The molecule has 0 amide bonds. The fourth-order valence-electron chi connectivity index (χ4n) is 4.66. The third kappa shape index (κ3) is 1.81. The summed E-state index contributed by atoms with van der Waals surface area (Å²) in [5.74, 6) is 1.96. The van der Waals surface area contributed by atoms with Gasteiger partial charge in [-0.2, -0.15) is 0 Å². The second-order valence-electron chi connectivity index (χ2n) is 7.43. The van der Waals surface area contributed by atoms with Gasteiger partial charge in [0.25, 0.3) is 0 Å². The summed E-state index contributed by atoms with van der Waals surface area (Å²) in [6.45, 7) is 8.82. The number of ketones is 1. The van der Waals surface area contributed by atoms with Gasteiger partial charge in [0.15, 0.2) is 5.78 Å². The summed E-state index contributed by atoms with van der Waals surface area (Å²) in [4.78, 5) is 12.5. The minimum atomic E-state index is 0.0826. The number of hydrogen-bond acceptors (Lipinski definition) is 2. The predicted molar refractivity (Wildman–Crippen MR) is 80.2 cm³/mol. The van der Waals surface area contributed by atoms with E-state index in [0.29, 0.717) is 29.7 Å². The highest BCUT2D eigenvalue weighted by atomic mass is 16.3. The van der Waals surface area contributed by atoms with Crippen LogP contribution in [0.5, 0.6) is 5.75 Å². The van der Waals surface area contributed by atoms with E-state index in [1.165, 1.54) is 6.42 Å². The van der Waals surface area contributed by atoms with Crippen molar-refractivity contribution in [2.45, 2.75) is 52.9 Å². The zero-order chi connectivity index (χ0) is 14.7. The Morgan fingerprint density at radius 3 is 2.70 bits per heavy atom. The fourth-order valence-corrected chi connectivity index (χ4v) is 4.66. The van der Waals surface area contributed by atoms with E-state index in [1.54, 1.807) is 6.07 Å². The average molecular weight is 272 g/mol. The lowest BCUT2D eigenvalue weighted by Gasteiger charge is -2.40. The molecule has 0 spiro atoms. The maximum Gasteiger partial charge on any atom is 0.167 e. The van der Waals surface area contributed by atoms with Crippen molar-refractivity contribution in [1.82, 2.24) is 0 Å². The van der Waals surface area contributed by atoms with Crippen molar-refractivity contribution in [2.75, 3.05) is 0 Å². The molecule has 1 saturated carbocycles. The van der Waals surface area contributed by atoms with Gasteiger partial charge in [-0.15, -0.1) is 0 Å². The second-order valence-corrected chi connectivity index (χ2v) is 7.43. The molecule has 0 radical (unpaired) electrons. The van der Waals surface area contributed by atoms with Crippen molar-refractivity contribution in [2.24, 2.45) is 17.3 Å². The monoisotopic (exact) mass is 272 g/mol. The molecule has 1 aromatic carbocycles. The normalized spacial score (nSPS) is 32.4. The maximum absolute atomic E-state index is 12.5. The molecule has 1 fully saturated rings. The summed E-state index contributed by atoms with van der Waals surface area (Å²) in [6.07, 6.45) is 2.91. The zero-order valence-electron chi connectivity index (χ0n) is 12.9. The Bertz CT molecular complexity index is 573. The highest BCUT2D eigenvalue weighted by Crippen LogP contribution is 2.60. The van der Waals surface area contributed by atoms with Gasteiger partial charge in [-0.05, 0) is 60.1 Å². The van der Waals surface area contributed by atoms with Crippen LogP contribution in [0.2, 0.25) is 0 Å². The first kappa shape index (κ1) is 13.7. The topological polar surface area (TPSA) is 37.3 Å². The fraction of sp³-hybridized carbons (Fsp3) is 0.611. The summed E-state index contributed by atoms with van der Waals surface area (Å²) in [5, 5.41) is 10.2. The van der Waals surface area contributed by atoms with E-state index in [1.807, 2.05) is 6.92 Å². The van der Waals surface area contributed by atoms with Crippen molar-refractivity contribution in [1.29, 1.82) is 0 Å². The van der Waals surface area contributed by atoms with Gasteiger partial charge < -0.3 is 5.11 Å². The van der Waals surface area contributed by atoms with Crippen LogP contribution < -0.4 is 0 Å². The molecule has 0 heterocycles.